The molecule has 1 saturated heterocycles. The Bertz CT molecular complexity index is 1380. The second-order valence-electron chi connectivity index (χ2n) is 10.6. The van der Waals surface area contributed by atoms with E-state index < -0.39 is 35.2 Å². The number of rotatable bonds is 13. The molecule has 1 heterocycles. The number of halogens is 3. The number of benzene rings is 3. The van der Waals surface area contributed by atoms with Crippen molar-refractivity contribution in [1.82, 2.24) is 10.6 Å². The van der Waals surface area contributed by atoms with Crippen LogP contribution in [0.4, 0.5) is 24.5 Å². The van der Waals surface area contributed by atoms with Crippen molar-refractivity contribution in [3.05, 3.63) is 89.5 Å². The second kappa shape index (κ2) is 15.0. The van der Waals surface area contributed by atoms with Gasteiger partial charge in [-0.05, 0) is 67.6 Å². The highest BCUT2D eigenvalue weighted by molar-refractivity contribution is 8.25. The summed E-state index contributed by atoms with van der Waals surface area (Å²) in [5.74, 6) is -0.522. The lowest BCUT2D eigenvalue weighted by atomic mass is 10.00. The summed E-state index contributed by atoms with van der Waals surface area (Å²) in [7, 11) is -3.01. The van der Waals surface area contributed by atoms with Crippen molar-refractivity contribution in [3.8, 4) is 5.75 Å². The minimum Gasteiger partial charge on any atom is -0.406 e. The molecule has 0 spiro atoms. The maximum atomic E-state index is 13.6. The number of amides is 1. The lowest BCUT2D eigenvalue weighted by Gasteiger charge is -2.47. The molecule has 0 radical (unpaired) electrons. The molecule has 1 fully saturated rings. The number of anilines is 2. The van der Waals surface area contributed by atoms with Crippen LogP contribution in [0.15, 0.2) is 72.8 Å². The molecule has 0 saturated carbocycles. The number of ether oxygens (including phenoxy) is 1. The molecule has 4 rings (SSSR count). The lowest BCUT2D eigenvalue weighted by Crippen LogP contribution is -2.48. The Morgan fingerprint density at radius 2 is 1.77 bits per heavy atom. The van der Waals surface area contributed by atoms with E-state index >= 15 is 0 Å². The molecule has 2 unspecified atom stereocenters. The van der Waals surface area contributed by atoms with Crippen molar-refractivity contribution in [1.29, 1.82) is 0 Å². The summed E-state index contributed by atoms with van der Waals surface area (Å²) in [6.45, 7) is 3.16. The summed E-state index contributed by atoms with van der Waals surface area (Å²) in [6.07, 6.45) is -4.04. The molecule has 1 aliphatic rings. The first-order chi connectivity index (χ1) is 20.9. The monoisotopic (exact) mass is 636 g/mol. The summed E-state index contributed by atoms with van der Waals surface area (Å²) < 4.78 is 64.7. The van der Waals surface area contributed by atoms with Gasteiger partial charge in [-0.3, -0.25) is 18.2 Å². The normalized spacial score (nSPS) is 16.9. The number of carbonyl (C=O) groups is 1. The van der Waals surface area contributed by atoms with E-state index in [9.17, 15) is 32.2 Å². The van der Waals surface area contributed by atoms with Crippen LogP contribution in [-0.2, 0) is 13.0 Å². The molecule has 1 aliphatic heterocycles. The van der Waals surface area contributed by atoms with E-state index in [1.54, 1.807) is 28.6 Å². The Kier molecular flexibility index (Phi) is 11.4. The summed E-state index contributed by atoms with van der Waals surface area (Å²) in [5.41, 5.74) is 2.87. The number of carbonyl (C=O) groups excluding carboxylic acids is 1. The van der Waals surface area contributed by atoms with Gasteiger partial charge in [0.25, 0.3) is 5.91 Å². The summed E-state index contributed by atoms with van der Waals surface area (Å²) in [6, 6.07) is 19.3. The number of hydrogen-bond donors (Lipinski definition) is 6. The van der Waals surface area contributed by atoms with E-state index in [0.717, 1.165) is 12.0 Å². The number of alkyl halides is 3. The van der Waals surface area contributed by atoms with Gasteiger partial charge in [-0.2, -0.15) is 0 Å². The fraction of sp³-hybridized carbons (Fsp3) is 0.387. The minimum atomic E-state index is -4.80. The highest BCUT2D eigenvalue weighted by Crippen LogP contribution is 2.50. The summed E-state index contributed by atoms with van der Waals surface area (Å²) >= 11 is 0. The highest BCUT2D eigenvalue weighted by Gasteiger charge is 2.31. The Hall–Kier alpha value is -3.49. The molecule has 3 aromatic carbocycles. The third-order valence-corrected chi connectivity index (χ3v) is 9.06. The molecule has 0 aliphatic carbocycles. The van der Waals surface area contributed by atoms with Crippen LogP contribution in [-0.4, -0.2) is 64.0 Å². The van der Waals surface area contributed by atoms with E-state index in [2.05, 4.69) is 20.7 Å². The molecule has 6 N–H and O–H groups in total. The minimum absolute atomic E-state index is 0.0412. The van der Waals surface area contributed by atoms with Gasteiger partial charge >= 0.3 is 6.36 Å². The average Bonchev–Trinajstić information content (AvgIpc) is 2.96. The van der Waals surface area contributed by atoms with Crippen LogP contribution in [0.3, 0.4) is 0 Å². The molecular formula is C31H39F3N4O5S. The summed E-state index contributed by atoms with van der Waals surface area (Å²) in [4.78, 5) is 13.6. The van der Waals surface area contributed by atoms with Crippen molar-refractivity contribution < 1.29 is 36.9 Å². The predicted octanol–water partition coefficient (Wildman–Crippen LogP) is 5.77. The number of aliphatic hydroxyl groups is 1. The molecule has 0 bridgehead atoms. The molecule has 44 heavy (non-hydrogen) atoms. The quantitative estimate of drug-likeness (QED) is 0.140. The first-order valence-corrected chi connectivity index (χ1v) is 16.1. The Balaban J connectivity index is 1.50. The summed E-state index contributed by atoms with van der Waals surface area (Å²) in [5, 5.41) is 20.4. The van der Waals surface area contributed by atoms with Gasteiger partial charge in [-0.1, -0.05) is 42.5 Å². The van der Waals surface area contributed by atoms with Gasteiger partial charge in [0.1, 0.15) is 5.75 Å². The van der Waals surface area contributed by atoms with Crippen LogP contribution in [0.1, 0.15) is 41.3 Å². The average molecular weight is 637 g/mol. The van der Waals surface area contributed by atoms with Crippen LogP contribution in [0, 0.1) is 0 Å². The third-order valence-electron chi connectivity index (χ3n) is 7.13. The standard InChI is InChI=1S/C31H39F3N4O5S/c1-2-36-25-17-24(18-26(19-25)38-13-6-7-14-44(38,41)42)30(40)37-28(16-22-9-4-3-5-10-22)29(39)21-35-20-23-11-8-12-27(15-23)43-31(32,33)34/h3-5,8-12,15,17-19,28-29,35-36,39,41-42H,2,6-7,13-14,16,20-21H2,1H3,(H,37,40). The molecule has 2 atom stereocenters. The molecule has 13 heteroatoms. The van der Waals surface area contributed by atoms with Crippen molar-refractivity contribution in [3.63, 3.8) is 0 Å². The van der Waals surface area contributed by atoms with Crippen molar-refractivity contribution in [2.24, 2.45) is 0 Å². The largest absolute Gasteiger partial charge is 0.573 e. The van der Waals surface area contributed by atoms with Gasteiger partial charge in [0.05, 0.1) is 23.6 Å². The third kappa shape index (κ3) is 9.76. The first-order valence-electron chi connectivity index (χ1n) is 14.4. The van der Waals surface area contributed by atoms with Crippen molar-refractivity contribution >= 4 is 28.1 Å². The van der Waals surface area contributed by atoms with Gasteiger partial charge in [-0.15, -0.1) is 23.9 Å². The molecule has 3 aromatic rings. The predicted molar refractivity (Wildman–Crippen MR) is 167 cm³/mol. The number of nitrogens with one attached hydrogen (secondary N) is 3. The molecule has 0 aromatic heterocycles. The van der Waals surface area contributed by atoms with Crippen LogP contribution < -0.4 is 25.0 Å². The van der Waals surface area contributed by atoms with Gasteiger partial charge in [-0.25, -0.2) is 0 Å². The van der Waals surface area contributed by atoms with Crippen LogP contribution in [0.5, 0.6) is 5.75 Å². The second-order valence-corrected chi connectivity index (χ2v) is 12.7. The zero-order chi connectivity index (χ0) is 31.7. The molecular weight excluding hydrogens is 597 g/mol. The maximum Gasteiger partial charge on any atom is 0.573 e. The van der Waals surface area contributed by atoms with E-state index in [1.165, 1.54) is 18.2 Å². The van der Waals surface area contributed by atoms with Crippen molar-refractivity contribution in [2.75, 3.05) is 35.0 Å². The van der Waals surface area contributed by atoms with E-state index in [4.69, 9.17) is 0 Å². The number of nitrogens with zero attached hydrogens (tertiary/aromatic N) is 1. The van der Waals surface area contributed by atoms with E-state index in [-0.39, 0.29) is 24.6 Å². The SMILES string of the molecule is CCNc1cc(C(=O)NC(Cc2ccccc2)C(O)CNCc2cccc(OC(F)(F)F)c2)cc(N2CCCCS2(O)O)c1. The fourth-order valence-corrected chi connectivity index (χ4v) is 6.74. The maximum absolute atomic E-state index is 13.6. The van der Waals surface area contributed by atoms with Gasteiger partial charge in [0, 0.05) is 37.4 Å². The lowest BCUT2D eigenvalue weighted by molar-refractivity contribution is -0.274. The van der Waals surface area contributed by atoms with Crippen LogP contribution >= 0.6 is 10.8 Å². The Morgan fingerprint density at radius 3 is 2.48 bits per heavy atom. The van der Waals surface area contributed by atoms with Crippen LogP contribution in [0.2, 0.25) is 0 Å². The fourth-order valence-electron chi connectivity index (χ4n) is 5.06. The Labute approximate surface area is 256 Å². The molecule has 1 amide bonds. The van der Waals surface area contributed by atoms with Gasteiger partial charge in [0.2, 0.25) is 0 Å². The first kappa shape index (κ1) is 33.4. The van der Waals surface area contributed by atoms with Crippen molar-refractivity contribution in [2.45, 2.75) is 51.2 Å². The number of hydrogen-bond acceptors (Lipinski definition) is 8. The van der Waals surface area contributed by atoms with E-state index in [0.29, 0.717) is 48.4 Å². The zero-order valence-electron chi connectivity index (χ0n) is 24.4. The Morgan fingerprint density at radius 1 is 1.02 bits per heavy atom. The topological polar surface area (TPSA) is 126 Å². The zero-order valence-corrected chi connectivity index (χ0v) is 25.2. The van der Waals surface area contributed by atoms with E-state index in [1.807, 2.05) is 37.3 Å². The highest BCUT2D eigenvalue weighted by atomic mass is 32.3. The smallest absolute Gasteiger partial charge is 0.406 e. The van der Waals surface area contributed by atoms with Gasteiger partial charge in [0.15, 0.2) is 0 Å². The molecule has 9 nitrogen and oxygen atoms in total. The van der Waals surface area contributed by atoms with Gasteiger partial charge < -0.3 is 25.8 Å². The number of aliphatic hydroxyl groups excluding tert-OH is 1. The molecule has 240 valence electrons. The van der Waals surface area contributed by atoms with Crippen LogP contribution in [0.25, 0.3) is 0 Å².